The number of carbonyl (C=O) groups is 1. The zero-order chi connectivity index (χ0) is 25.2. The number of aliphatic imine (C=N–C) groups is 1. The molecule has 0 spiro atoms. The highest BCUT2D eigenvalue weighted by atomic mass is 32.2. The van der Waals surface area contributed by atoms with Crippen LogP contribution in [0.1, 0.15) is 22.3 Å². The van der Waals surface area contributed by atoms with Crippen molar-refractivity contribution in [2.75, 3.05) is 7.11 Å². The molecule has 1 N–H and O–H groups in total. The van der Waals surface area contributed by atoms with Gasteiger partial charge in [0.15, 0.2) is 17.3 Å². The minimum absolute atomic E-state index is 0.0397. The van der Waals surface area contributed by atoms with Gasteiger partial charge in [0.2, 0.25) is 5.17 Å². The smallest absolute Gasteiger partial charge is 0.283 e. The lowest BCUT2D eigenvalue weighted by Crippen LogP contribution is -2.35. The van der Waals surface area contributed by atoms with E-state index in [0.29, 0.717) is 32.8 Å². The van der Waals surface area contributed by atoms with E-state index >= 15 is 0 Å². The van der Waals surface area contributed by atoms with Gasteiger partial charge in [0.1, 0.15) is 17.5 Å². The molecule has 0 aliphatic carbocycles. The van der Waals surface area contributed by atoms with E-state index in [1.807, 2.05) is 31.2 Å². The molecule has 0 saturated carbocycles. The average Bonchev–Trinajstić information content (AvgIpc) is 3.31. The monoisotopic (exact) mass is 500 g/mol. The first kappa shape index (κ1) is 23.5. The van der Waals surface area contributed by atoms with Gasteiger partial charge in [-0.1, -0.05) is 54.1 Å². The molecule has 180 valence electrons. The number of nitrogens with zero attached hydrogens (tertiary/aromatic N) is 3. The van der Waals surface area contributed by atoms with Crippen molar-refractivity contribution in [3.8, 4) is 11.5 Å². The van der Waals surface area contributed by atoms with Crippen LogP contribution in [-0.4, -0.2) is 34.1 Å². The van der Waals surface area contributed by atoms with E-state index in [9.17, 15) is 9.18 Å². The predicted octanol–water partition coefficient (Wildman–Crippen LogP) is 5.39. The van der Waals surface area contributed by atoms with Gasteiger partial charge in [0, 0.05) is 11.1 Å². The van der Waals surface area contributed by atoms with Crippen molar-refractivity contribution in [2.24, 2.45) is 10.1 Å². The van der Waals surface area contributed by atoms with Gasteiger partial charge in [-0.3, -0.25) is 10.2 Å². The van der Waals surface area contributed by atoms with E-state index in [0.717, 1.165) is 11.1 Å². The summed E-state index contributed by atoms with van der Waals surface area (Å²) in [6, 6.07) is 19.3. The van der Waals surface area contributed by atoms with Gasteiger partial charge >= 0.3 is 0 Å². The summed E-state index contributed by atoms with van der Waals surface area (Å²) in [7, 11) is 1.50. The Kier molecular flexibility index (Phi) is 6.39. The van der Waals surface area contributed by atoms with Gasteiger partial charge < -0.3 is 9.47 Å². The fraction of sp³-hybridized carbons (Fsp3) is 0.111. The Bertz CT molecular complexity index is 1460. The van der Waals surface area contributed by atoms with Crippen LogP contribution in [0.4, 0.5) is 4.39 Å². The second-order valence-electron chi connectivity index (χ2n) is 8.08. The van der Waals surface area contributed by atoms with Crippen LogP contribution in [0.2, 0.25) is 0 Å². The first-order valence-electron chi connectivity index (χ1n) is 11.0. The van der Waals surface area contributed by atoms with Crippen molar-refractivity contribution in [2.45, 2.75) is 13.5 Å². The van der Waals surface area contributed by atoms with E-state index in [-0.39, 0.29) is 23.8 Å². The molecule has 2 heterocycles. The fourth-order valence-corrected chi connectivity index (χ4v) is 4.53. The third-order valence-electron chi connectivity index (χ3n) is 5.59. The molecule has 2 aliphatic heterocycles. The summed E-state index contributed by atoms with van der Waals surface area (Å²) in [6.07, 6.45) is 1.57. The Morgan fingerprint density at radius 3 is 2.61 bits per heavy atom. The first-order valence-corrected chi connectivity index (χ1v) is 11.9. The molecule has 9 heteroatoms. The van der Waals surface area contributed by atoms with Gasteiger partial charge in [0.25, 0.3) is 5.91 Å². The van der Waals surface area contributed by atoms with Crippen molar-refractivity contribution in [1.82, 2.24) is 5.01 Å². The molecule has 5 rings (SSSR count). The third kappa shape index (κ3) is 4.65. The number of carbonyl (C=O) groups excluding carboxylic acids is 1. The number of hydrogen-bond donors (Lipinski definition) is 1. The van der Waals surface area contributed by atoms with E-state index in [2.05, 4.69) is 10.1 Å². The Morgan fingerprint density at radius 1 is 1.08 bits per heavy atom. The molecule has 0 unspecified atom stereocenters. The van der Waals surface area contributed by atoms with E-state index in [1.165, 1.54) is 29.9 Å². The second-order valence-corrected chi connectivity index (χ2v) is 9.04. The molecule has 0 radical (unpaired) electrons. The van der Waals surface area contributed by atoms with E-state index < -0.39 is 5.91 Å². The van der Waals surface area contributed by atoms with Crippen LogP contribution >= 0.6 is 11.8 Å². The highest BCUT2D eigenvalue weighted by molar-refractivity contribution is 8.27. The summed E-state index contributed by atoms with van der Waals surface area (Å²) in [5.74, 6) is -0.0793. The molecule has 0 fully saturated rings. The standard InChI is InChI=1S/C27H21FN4O3S/c1-16-7-10-18(11-8-16)26-31-32-24(29)20(25(33)30-27(32)36-26)13-17-9-12-22(23(14-17)34-2)35-15-19-5-3-4-6-21(19)28/h3-14,29H,15H2,1-2H3/b20-13-,29-24?. The fourth-order valence-electron chi connectivity index (χ4n) is 3.64. The van der Waals surface area contributed by atoms with Crippen LogP contribution in [0, 0.1) is 18.2 Å². The molecular formula is C27H21FN4O3S. The molecule has 0 bridgehead atoms. The molecule has 36 heavy (non-hydrogen) atoms. The molecular weight excluding hydrogens is 479 g/mol. The summed E-state index contributed by atoms with van der Waals surface area (Å²) < 4.78 is 25.1. The van der Waals surface area contributed by atoms with E-state index in [4.69, 9.17) is 14.9 Å². The second kappa shape index (κ2) is 9.79. The predicted molar refractivity (Wildman–Crippen MR) is 139 cm³/mol. The molecule has 1 amide bonds. The number of hydrogen-bond acceptors (Lipinski definition) is 6. The number of nitrogens with one attached hydrogen (secondary N) is 1. The number of rotatable bonds is 6. The van der Waals surface area contributed by atoms with Gasteiger partial charge in [0.05, 0.1) is 12.7 Å². The van der Waals surface area contributed by atoms with Gasteiger partial charge in [-0.2, -0.15) is 15.1 Å². The maximum absolute atomic E-state index is 13.9. The van der Waals surface area contributed by atoms with Crippen molar-refractivity contribution in [3.63, 3.8) is 0 Å². The number of hydrazone groups is 1. The summed E-state index contributed by atoms with van der Waals surface area (Å²) in [6.45, 7) is 2.04. The van der Waals surface area contributed by atoms with Crippen LogP contribution < -0.4 is 9.47 Å². The van der Waals surface area contributed by atoms with Crippen molar-refractivity contribution in [1.29, 1.82) is 5.41 Å². The largest absolute Gasteiger partial charge is 0.493 e. The molecule has 2 aliphatic rings. The number of amidine groups is 2. The molecule has 0 aromatic heterocycles. The Labute approximate surface area is 211 Å². The number of ether oxygens (including phenoxy) is 2. The SMILES string of the molecule is COc1cc(/C=C2/C(=N)N3N=C(c4ccc(C)cc4)SC3=NC2=O)ccc1OCc1ccccc1F. The first-order chi connectivity index (χ1) is 17.4. The zero-order valence-corrected chi connectivity index (χ0v) is 20.3. The average molecular weight is 501 g/mol. The third-order valence-corrected chi connectivity index (χ3v) is 6.55. The molecule has 0 atom stereocenters. The van der Waals surface area contributed by atoms with Crippen molar-refractivity contribution >= 4 is 39.8 Å². The molecule has 3 aromatic rings. The Hall–Kier alpha value is -4.24. The van der Waals surface area contributed by atoms with Gasteiger partial charge in [-0.05, 0) is 48.5 Å². The van der Waals surface area contributed by atoms with Crippen LogP contribution in [0.3, 0.4) is 0 Å². The normalized spacial score (nSPS) is 16.1. The zero-order valence-electron chi connectivity index (χ0n) is 19.5. The lowest BCUT2D eigenvalue weighted by molar-refractivity contribution is -0.114. The number of methoxy groups -OCH3 is 1. The molecule has 0 saturated heterocycles. The molecule has 3 aromatic carbocycles. The highest BCUT2D eigenvalue weighted by Crippen LogP contribution is 2.33. The van der Waals surface area contributed by atoms with Gasteiger partial charge in [-0.25, -0.2) is 4.39 Å². The van der Waals surface area contributed by atoms with Gasteiger partial charge in [-0.15, -0.1) is 0 Å². The van der Waals surface area contributed by atoms with Crippen LogP contribution in [-0.2, 0) is 11.4 Å². The maximum Gasteiger partial charge on any atom is 0.283 e. The van der Waals surface area contributed by atoms with Crippen LogP contribution in [0.5, 0.6) is 11.5 Å². The van der Waals surface area contributed by atoms with E-state index in [1.54, 1.807) is 42.5 Å². The highest BCUT2D eigenvalue weighted by Gasteiger charge is 2.36. The van der Waals surface area contributed by atoms with Crippen molar-refractivity contribution in [3.05, 3.63) is 100 Å². The maximum atomic E-state index is 13.9. The Morgan fingerprint density at radius 2 is 1.86 bits per heavy atom. The lowest BCUT2D eigenvalue weighted by Gasteiger charge is -2.20. The molecule has 7 nitrogen and oxygen atoms in total. The number of amides is 1. The summed E-state index contributed by atoms with van der Waals surface area (Å²) in [5, 5.41) is 15.5. The minimum Gasteiger partial charge on any atom is -0.493 e. The lowest BCUT2D eigenvalue weighted by atomic mass is 10.1. The summed E-state index contributed by atoms with van der Waals surface area (Å²) in [4.78, 5) is 16.9. The quantitative estimate of drug-likeness (QED) is 0.459. The Balaban J connectivity index is 1.38. The number of aryl methyl sites for hydroxylation is 1. The number of thioether (sulfide) groups is 1. The number of fused-ring (bicyclic) bond motifs is 1. The number of benzene rings is 3. The number of halogens is 1. The summed E-state index contributed by atoms with van der Waals surface area (Å²) in [5.41, 5.74) is 3.17. The minimum atomic E-state index is -0.516. The van der Waals surface area contributed by atoms with Crippen molar-refractivity contribution < 1.29 is 18.7 Å². The van der Waals surface area contributed by atoms with Crippen LogP contribution in [0.15, 0.2) is 82.4 Å². The topological polar surface area (TPSA) is 87.3 Å². The summed E-state index contributed by atoms with van der Waals surface area (Å²) >= 11 is 1.26. The van der Waals surface area contributed by atoms with Crippen LogP contribution in [0.25, 0.3) is 6.08 Å².